The Balaban J connectivity index is 1.35. The van der Waals surface area contributed by atoms with Crippen LogP contribution in [0.25, 0.3) is 0 Å². The second-order valence-electron chi connectivity index (χ2n) is 7.67. The number of nitrogens with one attached hydrogen (secondary N) is 1. The predicted octanol–water partition coefficient (Wildman–Crippen LogP) is 2.08. The molecule has 0 spiro atoms. The van der Waals surface area contributed by atoms with Crippen molar-refractivity contribution in [3.8, 4) is 0 Å². The molecule has 4 nitrogen and oxygen atoms in total. The van der Waals surface area contributed by atoms with Gasteiger partial charge in [-0.15, -0.1) is 0 Å². The van der Waals surface area contributed by atoms with E-state index in [-0.39, 0.29) is 17.9 Å². The largest absolute Gasteiger partial charge is 0.352 e. The van der Waals surface area contributed by atoms with Crippen LogP contribution in [0.1, 0.15) is 57.8 Å². The van der Waals surface area contributed by atoms with Gasteiger partial charge in [-0.25, -0.2) is 0 Å². The summed E-state index contributed by atoms with van der Waals surface area (Å²) in [6.45, 7) is 0.780. The number of rotatable bonds is 4. The summed E-state index contributed by atoms with van der Waals surface area (Å²) >= 11 is 0. The van der Waals surface area contributed by atoms with E-state index in [2.05, 4.69) is 5.32 Å². The lowest BCUT2D eigenvalue weighted by atomic mass is 9.86. The predicted molar refractivity (Wildman–Crippen MR) is 79.5 cm³/mol. The molecule has 1 N–H and O–H groups in total. The summed E-state index contributed by atoms with van der Waals surface area (Å²) in [7, 11) is 0. The molecular formula is C17H26N2O2. The number of carbonyl (C=O) groups excluding carboxylic acids is 2. The molecule has 3 aliphatic carbocycles. The molecule has 116 valence electrons. The van der Waals surface area contributed by atoms with Crippen LogP contribution in [0.15, 0.2) is 0 Å². The highest BCUT2D eigenvalue weighted by Gasteiger charge is 2.42. The maximum atomic E-state index is 12.6. The maximum absolute atomic E-state index is 12.6. The Morgan fingerprint density at radius 3 is 2.57 bits per heavy atom. The van der Waals surface area contributed by atoms with Gasteiger partial charge < -0.3 is 10.2 Å². The second kappa shape index (κ2) is 5.29. The zero-order valence-corrected chi connectivity index (χ0v) is 12.7. The average Bonchev–Trinajstić information content (AvgIpc) is 2.94. The van der Waals surface area contributed by atoms with Gasteiger partial charge in [0, 0.05) is 19.0 Å². The third-order valence-electron chi connectivity index (χ3n) is 6.12. The number of carbonyl (C=O) groups is 2. The van der Waals surface area contributed by atoms with E-state index in [0.717, 1.165) is 44.1 Å². The Labute approximate surface area is 126 Å². The van der Waals surface area contributed by atoms with E-state index in [1.807, 2.05) is 4.90 Å². The fourth-order valence-electron chi connectivity index (χ4n) is 4.83. The van der Waals surface area contributed by atoms with Crippen LogP contribution in [0, 0.1) is 17.8 Å². The molecule has 2 bridgehead atoms. The van der Waals surface area contributed by atoms with Gasteiger partial charge in [0.15, 0.2) is 0 Å². The van der Waals surface area contributed by atoms with Crippen LogP contribution in [0.4, 0.5) is 0 Å². The van der Waals surface area contributed by atoms with E-state index in [4.69, 9.17) is 0 Å². The van der Waals surface area contributed by atoms with Crippen molar-refractivity contribution in [2.24, 2.45) is 17.8 Å². The van der Waals surface area contributed by atoms with Crippen LogP contribution in [0.3, 0.4) is 0 Å². The summed E-state index contributed by atoms with van der Waals surface area (Å²) in [6, 6.07) is 0.206. The first-order valence-electron chi connectivity index (χ1n) is 8.80. The number of amides is 2. The Bertz CT molecular complexity index is 446. The molecule has 1 saturated heterocycles. The Kier molecular flexibility index (Phi) is 3.43. The first-order chi connectivity index (χ1) is 10.2. The van der Waals surface area contributed by atoms with E-state index in [0.29, 0.717) is 18.4 Å². The molecule has 0 aromatic rings. The monoisotopic (exact) mass is 290 g/mol. The molecule has 21 heavy (non-hydrogen) atoms. The molecule has 4 fully saturated rings. The quantitative estimate of drug-likeness (QED) is 0.862. The molecule has 0 unspecified atom stereocenters. The minimum atomic E-state index is -0.184. The second-order valence-corrected chi connectivity index (χ2v) is 7.67. The summed E-state index contributed by atoms with van der Waals surface area (Å²) < 4.78 is 0. The zero-order chi connectivity index (χ0) is 14.4. The Morgan fingerprint density at radius 2 is 1.90 bits per heavy atom. The molecule has 1 aliphatic heterocycles. The average molecular weight is 290 g/mol. The molecule has 1 heterocycles. The smallest absolute Gasteiger partial charge is 0.243 e. The van der Waals surface area contributed by atoms with Gasteiger partial charge in [0.1, 0.15) is 6.04 Å². The van der Waals surface area contributed by atoms with E-state index >= 15 is 0 Å². The topological polar surface area (TPSA) is 49.4 Å². The van der Waals surface area contributed by atoms with E-state index in [1.165, 1.54) is 25.7 Å². The molecular weight excluding hydrogens is 264 g/mol. The van der Waals surface area contributed by atoms with Crippen molar-refractivity contribution in [2.45, 2.75) is 69.9 Å². The summed E-state index contributed by atoms with van der Waals surface area (Å²) in [5.74, 6) is 2.61. The van der Waals surface area contributed by atoms with Crippen molar-refractivity contribution in [1.82, 2.24) is 10.2 Å². The summed E-state index contributed by atoms with van der Waals surface area (Å²) in [4.78, 5) is 26.8. The third kappa shape index (κ3) is 2.69. The number of fused-ring (bicyclic) bond motifs is 2. The minimum absolute atomic E-state index is 0.0938. The van der Waals surface area contributed by atoms with Gasteiger partial charge in [-0.1, -0.05) is 6.42 Å². The van der Waals surface area contributed by atoms with Crippen molar-refractivity contribution in [1.29, 1.82) is 0 Å². The van der Waals surface area contributed by atoms with Crippen LogP contribution >= 0.6 is 0 Å². The highest BCUT2D eigenvalue weighted by molar-refractivity contribution is 5.88. The molecule has 0 aromatic heterocycles. The Morgan fingerprint density at radius 1 is 1.05 bits per heavy atom. The van der Waals surface area contributed by atoms with Crippen LogP contribution < -0.4 is 5.32 Å². The third-order valence-corrected chi connectivity index (χ3v) is 6.12. The number of likely N-dealkylation sites (tertiary alicyclic amines) is 1. The fourth-order valence-corrected chi connectivity index (χ4v) is 4.83. The summed E-state index contributed by atoms with van der Waals surface area (Å²) in [6.07, 6.45) is 10.0. The molecule has 4 aliphatic rings. The van der Waals surface area contributed by atoms with Gasteiger partial charge in [0.25, 0.3) is 0 Å². The lowest BCUT2D eigenvalue weighted by molar-refractivity contribution is -0.139. The van der Waals surface area contributed by atoms with Gasteiger partial charge in [0.05, 0.1) is 0 Å². The fraction of sp³-hybridized carbons (Fsp3) is 0.882. The Hall–Kier alpha value is -1.06. The molecule has 0 radical (unpaired) electrons. The number of nitrogens with zero attached hydrogens (tertiary/aromatic N) is 1. The van der Waals surface area contributed by atoms with Gasteiger partial charge in [-0.2, -0.15) is 0 Å². The van der Waals surface area contributed by atoms with Crippen LogP contribution in [0.2, 0.25) is 0 Å². The van der Waals surface area contributed by atoms with Gasteiger partial charge in [-0.05, 0) is 62.7 Å². The normalized spacial score (nSPS) is 38.0. The zero-order valence-electron chi connectivity index (χ0n) is 12.7. The van der Waals surface area contributed by atoms with Crippen LogP contribution in [-0.4, -0.2) is 35.3 Å². The molecule has 4 rings (SSSR count). The van der Waals surface area contributed by atoms with Gasteiger partial charge in [0.2, 0.25) is 11.8 Å². The van der Waals surface area contributed by atoms with Gasteiger partial charge >= 0.3 is 0 Å². The van der Waals surface area contributed by atoms with Crippen LogP contribution in [0.5, 0.6) is 0 Å². The highest BCUT2D eigenvalue weighted by atomic mass is 16.2. The van der Waals surface area contributed by atoms with E-state index < -0.39 is 0 Å². The minimum Gasteiger partial charge on any atom is -0.352 e. The van der Waals surface area contributed by atoms with E-state index in [9.17, 15) is 9.59 Å². The molecule has 0 aromatic carbocycles. The first-order valence-corrected chi connectivity index (χ1v) is 8.80. The van der Waals surface area contributed by atoms with Crippen molar-refractivity contribution >= 4 is 11.8 Å². The van der Waals surface area contributed by atoms with Gasteiger partial charge in [-0.3, -0.25) is 9.59 Å². The lowest BCUT2D eigenvalue weighted by Gasteiger charge is -2.27. The number of hydrogen-bond donors (Lipinski definition) is 1. The first kappa shape index (κ1) is 13.6. The molecule has 3 saturated carbocycles. The molecule has 2 amide bonds. The lowest BCUT2D eigenvalue weighted by Crippen LogP contribution is -2.47. The van der Waals surface area contributed by atoms with E-state index in [1.54, 1.807) is 0 Å². The van der Waals surface area contributed by atoms with Crippen molar-refractivity contribution in [2.75, 3.05) is 6.54 Å². The van der Waals surface area contributed by atoms with Crippen molar-refractivity contribution < 1.29 is 9.59 Å². The highest BCUT2D eigenvalue weighted by Crippen LogP contribution is 2.49. The van der Waals surface area contributed by atoms with Crippen LogP contribution in [-0.2, 0) is 9.59 Å². The summed E-state index contributed by atoms with van der Waals surface area (Å²) in [5.41, 5.74) is 0. The standard InChI is InChI=1S/C17H26N2O2/c20-16(10-13-9-11-3-4-12(13)8-11)19-7-1-2-15(19)17(21)18-14-5-6-14/h11-15H,1-10H2,(H,18,21)/t11-,12-,13-,15+/m0/s1. The number of hydrogen-bond acceptors (Lipinski definition) is 2. The SMILES string of the molecule is O=C(NC1CC1)[C@H]1CCCN1C(=O)C[C@@H]1C[C@H]2CC[C@H]1C2. The van der Waals surface area contributed by atoms with Crippen molar-refractivity contribution in [3.63, 3.8) is 0 Å². The maximum Gasteiger partial charge on any atom is 0.243 e. The van der Waals surface area contributed by atoms with Crippen molar-refractivity contribution in [3.05, 3.63) is 0 Å². The molecule has 4 heteroatoms. The molecule has 4 atom stereocenters. The summed E-state index contributed by atoms with van der Waals surface area (Å²) in [5, 5.41) is 3.07.